The molecule has 162 valence electrons. The molecule has 2 rings (SSSR count). The molecule has 0 unspecified atom stereocenters. The van der Waals surface area contributed by atoms with Crippen LogP contribution in [0.4, 0.5) is 27.8 Å². The summed E-state index contributed by atoms with van der Waals surface area (Å²) in [7, 11) is 1.28. The Morgan fingerprint density at radius 3 is 2.63 bits per heavy atom. The zero-order valence-electron chi connectivity index (χ0n) is 15.7. The van der Waals surface area contributed by atoms with Gasteiger partial charge in [-0.2, -0.15) is 22.0 Å². The highest BCUT2D eigenvalue weighted by Crippen LogP contribution is 2.33. The lowest BCUT2D eigenvalue weighted by atomic mass is 10.2. The number of carbonyl (C=O) groups excluding carboxylic acids is 1. The fourth-order valence-electron chi connectivity index (χ4n) is 2.35. The van der Waals surface area contributed by atoms with Gasteiger partial charge in [-0.1, -0.05) is 6.07 Å². The molecule has 0 bridgehead atoms. The summed E-state index contributed by atoms with van der Waals surface area (Å²) in [5, 5.41) is 5.02. The van der Waals surface area contributed by atoms with Crippen molar-refractivity contribution < 1.29 is 36.2 Å². The Morgan fingerprint density at radius 2 is 1.97 bits per heavy atom. The summed E-state index contributed by atoms with van der Waals surface area (Å²) in [5.74, 6) is -0.903. The number of rotatable bonds is 9. The maximum Gasteiger partial charge on any atom is 0.419 e. The zero-order valence-corrected chi connectivity index (χ0v) is 15.7. The third-order valence-electron chi connectivity index (χ3n) is 3.66. The molecule has 0 aliphatic rings. The minimum Gasteiger partial charge on any atom is -0.493 e. The Morgan fingerprint density at radius 1 is 1.20 bits per heavy atom. The minimum absolute atomic E-state index is 0.0210. The summed E-state index contributed by atoms with van der Waals surface area (Å²) in [4.78, 5) is 15.5. The SMILES string of the molecule is COc1cc(C=CC(=O)NCCNc2ncccc2C(F)(F)F)ccc1OC(F)F. The monoisotopic (exact) mass is 431 g/mol. The Labute approximate surface area is 168 Å². The molecule has 30 heavy (non-hydrogen) atoms. The number of anilines is 1. The topological polar surface area (TPSA) is 72.5 Å². The van der Waals surface area contributed by atoms with E-state index in [1.807, 2.05) is 0 Å². The van der Waals surface area contributed by atoms with E-state index < -0.39 is 24.3 Å². The molecule has 0 aliphatic heterocycles. The summed E-state index contributed by atoms with van der Waals surface area (Å²) in [6, 6.07) is 6.22. The van der Waals surface area contributed by atoms with Gasteiger partial charge < -0.3 is 20.1 Å². The minimum atomic E-state index is -4.54. The van der Waals surface area contributed by atoms with Gasteiger partial charge in [-0.15, -0.1) is 0 Å². The number of carbonyl (C=O) groups is 1. The van der Waals surface area contributed by atoms with E-state index in [0.29, 0.717) is 5.56 Å². The van der Waals surface area contributed by atoms with Gasteiger partial charge >= 0.3 is 12.8 Å². The van der Waals surface area contributed by atoms with Gasteiger partial charge in [0.25, 0.3) is 0 Å². The molecule has 2 N–H and O–H groups in total. The average Bonchev–Trinajstić information content (AvgIpc) is 2.69. The Kier molecular flexibility index (Phi) is 7.96. The maximum absolute atomic E-state index is 12.9. The van der Waals surface area contributed by atoms with Crippen molar-refractivity contribution in [2.45, 2.75) is 12.8 Å². The van der Waals surface area contributed by atoms with Crippen LogP contribution in [0.2, 0.25) is 0 Å². The largest absolute Gasteiger partial charge is 0.493 e. The van der Waals surface area contributed by atoms with Crippen LogP contribution < -0.4 is 20.1 Å². The van der Waals surface area contributed by atoms with E-state index in [-0.39, 0.29) is 30.4 Å². The zero-order chi connectivity index (χ0) is 22.1. The smallest absolute Gasteiger partial charge is 0.419 e. The van der Waals surface area contributed by atoms with E-state index in [9.17, 15) is 26.7 Å². The molecule has 0 fully saturated rings. The van der Waals surface area contributed by atoms with Gasteiger partial charge in [0.15, 0.2) is 11.5 Å². The van der Waals surface area contributed by atoms with Gasteiger partial charge in [0.2, 0.25) is 5.91 Å². The van der Waals surface area contributed by atoms with Crippen LogP contribution in [0.3, 0.4) is 0 Å². The van der Waals surface area contributed by atoms with Crippen LogP contribution in [0.1, 0.15) is 11.1 Å². The first-order chi connectivity index (χ1) is 14.2. The highest BCUT2D eigenvalue weighted by atomic mass is 19.4. The number of nitrogens with one attached hydrogen (secondary N) is 2. The summed E-state index contributed by atoms with van der Waals surface area (Å²) < 4.78 is 72.5. The number of hydrogen-bond donors (Lipinski definition) is 2. The van der Waals surface area contributed by atoms with Crippen molar-refractivity contribution in [1.82, 2.24) is 10.3 Å². The number of methoxy groups -OCH3 is 1. The average molecular weight is 431 g/mol. The molecule has 1 aromatic heterocycles. The summed E-state index contributed by atoms with van der Waals surface area (Å²) in [6.45, 7) is -2.94. The first-order valence-electron chi connectivity index (χ1n) is 8.55. The highest BCUT2D eigenvalue weighted by molar-refractivity contribution is 5.91. The fraction of sp³-hybridized carbons (Fsp3) is 0.263. The van der Waals surface area contributed by atoms with Crippen molar-refractivity contribution >= 4 is 17.8 Å². The lowest BCUT2D eigenvalue weighted by molar-refractivity contribution is -0.137. The number of alkyl halides is 5. The van der Waals surface area contributed by atoms with Crippen molar-refractivity contribution in [3.05, 3.63) is 53.7 Å². The fourth-order valence-corrected chi connectivity index (χ4v) is 2.35. The molecular formula is C19H18F5N3O3. The molecule has 0 aliphatic carbocycles. The Balaban J connectivity index is 1.86. The second kappa shape index (κ2) is 10.4. The van der Waals surface area contributed by atoms with E-state index in [4.69, 9.17) is 4.74 Å². The predicted molar refractivity (Wildman–Crippen MR) is 99.4 cm³/mol. The van der Waals surface area contributed by atoms with Gasteiger partial charge in [-0.05, 0) is 35.9 Å². The van der Waals surface area contributed by atoms with Crippen LogP contribution in [0.5, 0.6) is 11.5 Å². The van der Waals surface area contributed by atoms with Gasteiger partial charge in [0.1, 0.15) is 5.82 Å². The van der Waals surface area contributed by atoms with Crippen LogP contribution in [0.25, 0.3) is 6.08 Å². The molecule has 0 radical (unpaired) electrons. The van der Waals surface area contributed by atoms with Crippen molar-refractivity contribution in [1.29, 1.82) is 0 Å². The lowest BCUT2D eigenvalue weighted by Crippen LogP contribution is -2.27. The van der Waals surface area contributed by atoms with E-state index in [2.05, 4.69) is 20.4 Å². The summed E-state index contributed by atoms with van der Waals surface area (Å²) in [5.41, 5.74) is -0.408. The molecule has 11 heteroatoms. The van der Waals surface area contributed by atoms with Crippen molar-refractivity contribution in [3.8, 4) is 11.5 Å². The molecule has 2 aromatic rings. The number of pyridine rings is 1. The van der Waals surface area contributed by atoms with Crippen molar-refractivity contribution in [2.75, 3.05) is 25.5 Å². The van der Waals surface area contributed by atoms with Gasteiger partial charge in [-0.25, -0.2) is 4.98 Å². The number of hydrogen-bond acceptors (Lipinski definition) is 5. The van der Waals surface area contributed by atoms with Crippen LogP contribution in [0.15, 0.2) is 42.6 Å². The number of ether oxygens (including phenoxy) is 2. The van der Waals surface area contributed by atoms with Gasteiger partial charge in [0.05, 0.1) is 12.7 Å². The number of nitrogens with zero attached hydrogens (tertiary/aromatic N) is 1. The molecule has 6 nitrogen and oxygen atoms in total. The van der Waals surface area contributed by atoms with Crippen LogP contribution in [-0.4, -0.2) is 37.7 Å². The van der Waals surface area contributed by atoms with Gasteiger partial charge in [-0.3, -0.25) is 4.79 Å². The number of amides is 1. The number of halogens is 5. The molecule has 1 heterocycles. The number of benzene rings is 1. The first kappa shape index (κ1) is 22.9. The highest BCUT2D eigenvalue weighted by Gasteiger charge is 2.33. The first-order valence-corrected chi connectivity index (χ1v) is 8.55. The third kappa shape index (κ3) is 6.90. The molecule has 0 saturated carbocycles. The van der Waals surface area contributed by atoms with Crippen LogP contribution in [-0.2, 0) is 11.0 Å². The van der Waals surface area contributed by atoms with E-state index in [1.165, 1.54) is 49.7 Å². The predicted octanol–water partition coefficient (Wildman–Crippen LogP) is 3.95. The molecular weight excluding hydrogens is 413 g/mol. The van der Waals surface area contributed by atoms with Crippen LogP contribution in [0, 0.1) is 0 Å². The lowest BCUT2D eigenvalue weighted by Gasteiger charge is -2.13. The van der Waals surface area contributed by atoms with E-state index in [0.717, 1.165) is 6.07 Å². The van der Waals surface area contributed by atoms with Crippen molar-refractivity contribution in [2.24, 2.45) is 0 Å². The molecule has 1 aromatic carbocycles. The van der Waals surface area contributed by atoms with E-state index in [1.54, 1.807) is 0 Å². The standard InChI is InChI=1S/C19H18F5N3O3/c1-29-15-11-12(4-6-14(15)30-18(20)21)5-7-16(28)25-9-10-27-17-13(19(22,23)24)3-2-8-26-17/h2-8,11,18H,9-10H2,1H3,(H,25,28)(H,26,27). The summed E-state index contributed by atoms with van der Waals surface area (Å²) >= 11 is 0. The second-order valence-electron chi connectivity index (χ2n) is 5.74. The van der Waals surface area contributed by atoms with Crippen molar-refractivity contribution in [3.63, 3.8) is 0 Å². The van der Waals surface area contributed by atoms with Gasteiger partial charge in [0, 0.05) is 25.4 Å². The normalized spacial score (nSPS) is 11.6. The third-order valence-corrected chi connectivity index (χ3v) is 3.66. The summed E-state index contributed by atoms with van der Waals surface area (Å²) in [6.07, 6.45) is -0.716. The number of aromatic nitrogens is 1. The van der Waals surface area contributed by atoms with Crippen LogP contribution >= 0.6 is 0 Å². The second-order valence-corrected chi connectivity index (χ2v) is 5.74. The quantitative estimate of drug-likeness (QED) is 0.357. The molecule has 0 atom stereocenters. The molecule has 1 amide bonds. The Hall–Kier alpha value is -3.37. The maximum atomic E-state index is 12.9. The molecule has 0 saturated heterocycles. The Bertz CT molecular complexity index is 888. The molecule has 0 spiro atoms. The van der Waals surface area contributed by atoms with E-state index >= 15 is 0 Å².